The third kappa shape index (κ3) is 3.93. The van der Waals surface area contributed by atoms with Crippen molar-refractivity contribution in [1.82, 2.24) is 4.98 Å². The first-order valence-electron chi connectivity index (χ1n) is 6.51. The Balaban J connectivity index is 2.26. The predicted octanol–water partition coefficient (Wildman–Crippen LogP) is 7.68. The summed E-state index contributed by atoms with van der Waals surface area (Å²) in [6.45, 7) is 0. The molecule has 0 fully saturated rings. The summed E-state index contributed by atoms with van der Waals surface area (Å²) >= 11 is 30.5. The Hall–Kier alpha value is -0.960. The van der Waals surface area contributed by atoms with Gasteiger partial charge in [-0.2, -0.15) is 0 Å². The molecular formula is C17H8Cl5N. The quantitative estimate of drug-likeness (QED) is 0.427. The maximum absolute atomic E-state index is 6.12. The van der Waals surface area contributed by atoms with Crippen LogP contribution in [0.1, 0.15) is 0 Å². The largest absolute Gasteiger partial charge is 0.254 e. The Morgan fingerprint density at radius 3 is 1.52 bits per heavy atom. The Morgan fingerprint density at radius 1 is 0.522 bits per heavy atom. The molecule has 1 nitrogen and oxygen atoms in total. The highest BCUT2D eigenvalue weighted by Gasteiger charge is 2.13. The molecule has 0 aliphatic rings. The van der Waals surface area contributed by atoms with Crippen LogP contribution in [0.5, 0.6) is 0 Å². The van der Waals surface area contributed by atoms with Crippen LogP contribution in [0.25, 0.3) is 22.4 Å². The van der Waals surface area contributed by atoms with Crippen molar-refractivity contribution in [3.8, 4) is 22.4 Å². The van der Waals surface area contributed by atoms with Crippen LogP contribution < -0.4 is 0 Å². The lowest BCUT2D eigenvalue weighted by Gasteiger charge is -2.11. The summed E-state index contributed by atoms with van der Waals surface area (Å²) in [7, 11) is 0. The highest BCUT2D eigenvalue weighted by molar-refractivity contribution is 6.36. The first-order chi connectivity index (χ1) is 10.9. The molecule has 0 atom stereocenters. The van der Waals surface area contributed by atoms with E-state index < -0.39 is 0 Å². The van der Waals surface area contributed by atoms with Crippen molar-refractivity contribution in [2.45, 2.75) is 0 Å². The van der Waals surface area contributed by atoms with Gasteiger partial charge in [0.15, 0.2) is 0 Å². The first-order valence-corrected chi connectivity index (χ1v) is 8.40. The van der Waals surface area contributed by atoms with E-state index >= 15 is 0 Å². The molecule has 0 unspecified atom stereocenters. The fraction of sp³-hybridized carbons (Fsp3) is 0. The highest BCUT2D eigenvalue weighted by Crippen LogP contribution is 2.36. The SMILES string of the molecule is Clc1cc(Cl)cc(-c2cc(Cl)cnc2-c2cc(Cl)cc(Cl)c2)c1. The van der Waals surface area contributed by atoms with Gasteiger partial charge in [0.25, 0.3) is 0 Å². The van der Waals surface area contributed by atoms with E-state index in [1.165, 1.54) is 0 Å². The molecule has 0 radical (unpaired) electrons. The lowest BCUT2D eigenvalue weighted by molar-refractivity contribution is 1.32. The Labute approximate surface area is 158 Å². The molecule has 0 spiro atoms. The molecule has 0 aliphatic heterocycles. The lowest BCUT2D eigenvalue weighted by Crippen LogP contribution is -1.90. The molecule has 1 heterocycles. The average Bonchev–Trinajstić information content (AvgIpc) is 2.45. The molecule has 0 N–H and O–H groups in total. The van der Waals surface area contributed by atoms with Gasteiger partial charge >= 0.3 is 0 Å². The molecule has 2 aromatic carbocycles. The Morgan fingerprint density at radius 2 is 1.00 bits per heavy atom. The average molecular weight is 404 g/mol. The molecule has 0 saturated carbocycles. The van der Waals surface area contributed by atoms with Crippen molar-refractivity contribution in [2.24, 2.45) is 0 Å². The second-order valence-corrected chi connectivity index (χ2v) is 7.05. The van der Waals surface area contributed by atoms with Gasteiger partial charge in [-0.1, -0.05) is 58.0 Å². The van der Waals surface area contributed by atoms with Gasteiger partial charge in [0.2, 0.25) is 0 Å². The normalized spacial score (nSPS) is 10.8. The van der Waals surface area contributed by atoms with E-state index in [-0.39, 0.29) is 0 Å². The summed E-state index contributed by atoms with van der Waals surface area (Å²) in [6.07, 6.45) is 1.57. The third-order valence-corrected chi connectivity index (χ3v) is 4.24. The first kappa shape index (κ1) is 16.9. The molecule has 0 bridgehead atoms. The van der Waals surface area contributed by atoms with Gasteiger partial charge in [0.1, 0.15) is 0 Å². The van der Waals surface area contributed by atoms with Crippen LogP contribution in [0.3, 0.4) is 0 Å². The van der Waals surface area contributed by atoms with E-state index in [0.717, 1.165) is 16.7 Å². The van der Waals surface area contributed by atoms with E-state index in [2.05, 4.69) is 4.98 Å². The van der Waals surface area contributed by atoms with E-state index in [0.29, 0.717) is 30.8 Å². The van der Waals surface area contributed by atoms with E-state index in [9.17, 15) is 0 Å². The van der Waals surface area contributed by atoms with Crippen LogP contribution in [-0.4, -0.2) is 4.98 Å². The second-order valence-electron chi connectivity index (χ2n) is 4.87. The molecule has 6 heteroatoms. The molecule has 3 rings (SSSR count). The predicted molar refractivity (Wildman–Crippen MR) is 100 cm³/mol. The van der Waals surface area contributed by atoms with E-state index in [1.807, 2.05) is 0 Å². The van der Waals surface area contributed by atoms with Crippen molar-refractivity contribution in [2.75, 3.05) is 0 Å². The van der Waals surface area contributed by atoms with Crippen LogP contribution in [0.4, 0.5) is 0 Å². The number of rotatable bonds is 2. The topological polar surface area (TPSA) is 12.9 Å². The van der Waals surface area contributed by atoms with Crippen molar-refractivity contribution in [3.05, 3.63) is 73.8 Å². The van der Waals surface area contributed by atoms with E-state index in [1.54, 1.807) is 48.7 Å². The summed E-state index contributed by atoms with van der Waals surface area (Å²) in [5, 5.41) is 2.62. The van der Waals surface area contributed by atoms with Gasteiger partial charge in [-0.05, 0) is 48.0 Å². The zero-order chi connectivity index (χ0) is 16.6. The number of benzene rings is 2. The smallest absolute Gasteiger partial charge is 0.0782 e. The fourth-order valence-corrected chi connectivity index (χ4v) is 3.50. The summed E-state index contributed by atoms with van der Waals surface area (Å²) in [5.41, 5.74) is 3.08. The van der Waals surface area contributed by atoms with E-state index in [4.69, 9.17) is 58.0 Å². The zero-order valence-corrected chi connectivity index (χ0v) is 15.2. The highest BCUT2D eigenvalue weighted by atomic mass is 35.5. The molecule has 116 valence electrons. The second kappa shape index (κ2) is 6.88. The third-order valence-electron chi connectivity index (χ3n) is 3.16. The number of aromatic nitrogens is 1. The standard InChI is InChI=1S/C17H8Cl5N/c18-11-1-9(2-12(19)5-11)16-7-15(22)8-23-17(16)10-3-13(20)6-14(21)4-10/h1-8H. The van der Waals surface area contributed by atoms with Crippen LogP contribution in [-0.2, 0) is 0 Å². The molecular weight excluding hydrogens is 395 g/mol. The number of nitrogens with zero attached hydrogens (tertiary/aromatic N) is 1. The van der Waals surface area contributed by atoms with Crippen molar-refractivity contribution < 1.29 is 0 Å². The summed E-state index contributed by atoms with van der Waals surface area (Å²) in [6, 6.07) is 12.3. The molecule has 3 aromatic rings. The van der Waals surface area contributed by atoms with Gasteiger partial charge in [-0.25, -0.2) is 0 Å². The maximum Gasteiger partial charge on any atom is 0.0782 e. The van der Waals surface area contributed by atoms with Crippen molar-refractivity contribution in [1.29, 1.82) is 0 Å². The summed E-state index contributed by atoms with van der Waals surface area (Å²) < 4.78 is 0. The minimum Gasteiger partial charge on any atom is -0.254 e. The van der Waals surface area contributed by atoms with Gasteiger partial charge in [-0.3, -0.25) is 4.98 Å². The minimum atomic E-state index is 0.507. The Bertz CT molecular complexity index is 852. The fourth-order valence-electron chi connectivity index (χ4n) is 2.29. The minimum absolute atomic E-state index is 0.507. The molecule has 23 heavy (non-hydrogen) atoms. The Kier molecular flexibility index (Phi) is 5.05. The number of hydrogen-bond acceptors (Lipinski definition) is 1. The molecule has 0 saturated heterocycles. The zero-order valence-electron chi connectivity index (χ0n) is 11.5. The van der Waals surface area contributed by atoms with Crippen molar-refractivity contribution >= 4 is 58.0 Å². The maximum atomic E-state index is 6.12. The molecule has 0 aliphatic carbocycles. The summed E-state index contributed by atoms with van der Waals surface area (Å²) in [4.78, 5) is 4.43. The lowest BCUT2D eigenvalue weighted by atomic mass is 9.99. The van der Waals surface area contributed by atoms with Gasteiger partial charge in [0, 0.05) is 37.4 Å². The summed E-state index contributed by atoms with van der Waals surface area (Å²) in [5.74, 6) is 0. The number of pyridine rings is 1. The van der Waals surface area contributed by atoms with Crippen LogP contribution in [0.2, 0.25) is 25.1 Å². The van der Waals surface area contributed by atoms with Gasteiger partial charge < -0.3 is 0 Å². The monoisotopic (exact) mass is 401 g/mol. The van der Waals surface area contributed by atoms with Crippen molar-refractivity contribution in [3.63, 3.8) is 0 Å². The molecule has 1 aromatic heterocycles. The van der Waals surface area contributed by atoms with Gasteiger partial charge in [0.05, 0.1) is 10.7 Å². The van der Waals surface area contributed by atoms with Crippen LogP contribution in [0.15, 0.2) is 48.7 Å². The molecule has 0 amide bonds. The van der Waals surface area contributed by atoms with Crippen LogP contribution in [0, 0.1) is 0 Å². The number of hydrogen-bond donors (Lipinski definition) is 0. The number of halogens is 5. The van der Waals surface area contributed by atoms with Gasteiger partial charge in [-0.15, -0.1) is 0 Å². The van der Waals surface area contributed by atoms with Crippen LogP contribution >= 0.6 is 58.0 Å².